The zero-order valence-corrected chi connectivity index (χ0v) is 15.6. The second-order valence-corrected chi connectivity index (χ2v) is 6.32. The smallest absolute Gasteiger partial charge is 0.320 e. The Bertz CT molecular complexity index is 663. The molecule has 2 aromatic rings. The van der Waals surface area contributed by atoms with E-state index in [1.54, 1.807) is 31.2 Å². The number of esters is 1. The molecule has 0 saturated heterocycles. The Balaban J connectivity index is 1.90. The topological polar surface area (TPSA) is 59.0 Å². The summed E-state index contributed by atoms with van der Waals surface area (Å²) in [5.41, 5.74) is 1.06. The van der Waals surface area contributed by atoms with Crippen LogP contribution in [0.25, 0.3) is 0 Å². The van der Waals surface area contributed by atoms with Gasteiger partial charge in [0.2, 0.25) is 0 Å². The SMILES string of the molecule is CCOC(=O)CN(Cc1ccccc1)CC(O)COc1ccc(Cl)cc1. The second kappa shape index (κ2) is 10.8. The number of nitrogens with zero attached hydrogens (tertiary/aromatic N) is 1. The van der Waals surface area contributed by atoms with Crippen LogP contribution in [0.5, 0.6) is 5.75 Å². The van der Waals surface area contributed by atoms with E-state index in [0.29, 0.717) is 30.5 Å². The number of halogens is 1. The molecule has 0 aliphatic heterocycles. The molecule has 0 bridgehead atoms. The lowest BCUT2D eigenvalue weighted by Gasteiger charge is -2.24. The van der Waals surface area contributed by atoms with E-state index in [1.807, 2.05) is 35.2 Å². The highest BCUT2D eigenvalue weighted by Gasteiger charge is 2.17. The molecule has 6 heteroatoms. The van der Waals surface area contributed by atoms with Crippen LogP contribution in [0.3, 0.4) is 0 Å². The first-order valence-electron chi connectivity index (χ1n) is 8.55. The zero-order valence-electron chi connectivity index (χ0n) is 14.8. The van der Waals surface area contributed by atoms with Gasteiger partial charge < -0.3 is 14.6 Å². The van der Waals surface area contributed by atoms with Crippen molar-refractivity contribution < 1.29 is 19.4 Å². The number of carbonyl (C=O) groups excluding carboxylic acids is 1. The molecule has 0 amide bonds. The van der Waals surface area contributed by atoms with Crippen molar-refractivity contribution in [3.63, 3.8) is 0 Å². The van der Waals surface area contributed by atoms with Crippen molar-refractivity contribution in [3.8, 4) is 5.75 Å². The number of benzene rings is 2. The van der Waals surface area contributed by atoms with Crippen LogP contribution < -0.4 is 4.74 Å². The van der Waals surface area contributed by atoms with Gasteiger partial charge >= 0.3 is 5.97 Å². The predicted octanol–water partition coefficient (Wildman–Crippen LogP) is 3.15. The van der Waals surface area contributed by atoms with Crippen molar-refractivity contribution >= 4 is 17.6 Å². The first kappa shape index (κ1) is 20.2. The Labute approximate surface area is 159 Å². The average molecular weight is 378 g/mol. The molecule has 0 fully saturated rings. The molecule has 0 aliphatic rings. The maximum absolute atomic E-state index is 11.8. The third kappa shape index (κ3) is 7.44. The Morgan fingerprint density at radius 3 is 2.50 bits per heavy atom. The second-order valence-electron chi connectivity index (χ2n) is 5.88. The van der Waals surface area contributed by atoms with E-state index in [2.05, 4.69) is 0 Å². The lowest BCUT2D eigenvalue weighted by atomic mass is 10.2. The summed E-state index contributed by atoms with van der Waals surface area (Å²) in [5.74, 6) is 0.322. The molecule has 2 rings (SSSR count). The van der Waals surface area contributed by atoms with Crippen molar-refractivity contribution in [1.82, 2.24) is 4.90 Å². The minimum Gasteiger partial charge on any atom is -0.491 e. The Hall–Kier alpha value is -2.08. The van der Waals surface area contributed by atoms with E-state index in [1.165, 1.54) is 0 Å². The van der Waals surface area contributed by atoms with Crippen LogP contribution in [0, 0.1) is 0 Å². The highest BCUT2D eigenvalue weighted by Crippen LogP contribution is 2.16. The molecule has 0 spiro atoms. The molecule has 0 radical (unpaired) electrons. The third-order valence-corrected chi connectivity index (χ3v) is 3.88. The van der Waals surface area contributed by atoms with E-state index in [0.717, 1.165) is 5.56 Å². The van der Waals surface area contributed by atoms with Crippen LogP contribution in [0.2, 0.25) is 5.02 Å². The van der Waals surface area contributed by atoms with Crippen LogP contribution >= 0.6 is 11.6 Å². The summed E-state index contributed by atoms with van der Waals surface area (Å²) in [4.78, 5) is 13.7. The minimum absolute atomic E-state index is 0.112. The van der Waals surface area contributed by atoms with Crippen molar-refractivity contribution in [1.29, 1.82) is 0 Å². The molecular weight excluding hydrogens is 354 g/mol. The molecule has 1 atom stereocenters. The quantitative estimate of drug-likeness (QED) is 0.644. The van der Waals surface area contributed by atoms with Gasteiger partial charge in [-0.3, -0.25) is 9.69 Å². The number of ether oxygens (including phenoxy) is 2. The average Bonchev–Trinajstić information content (AvgIpc) is 2.62. The molecule has 0 aromatic heterocycles. The van der Waals surface area contributed by atoms with E-state index < -0.39 is 6.10 Å². The van der Waals surface area contributed by atoms with Crippen LogP contribution in [-0.2, 0) is 16.1 Å². The minimum atomic E-state index is -0.746. The van der Waals surface area contributed by atoms with Gasteiger partial charge in [0.1, 0.15) is 18.5 Å². The van der Waals surface area contributed by atoms with Gasteiger partial charge in [-0.2, -0.15) is 0 Å². The van der Waals surface area contributed by atoms with Gasteiger partial charge in [-0.1, -0.05) is 41.9 Å². The van der Waals surface area contributed by atoms with Crippen LogP contribution in [-0.4, -0.2) is 48.4 Å². The molecule has 1 unspecified atom stereocenters. The zero-order chi connectivity index (χ0) is 18.8. The fourth-order valence-corrected chi connectivity index (χ4v) is 2.62. The van der Waals surface area contributed by atoms with E-state index >= 15 is 0 Å². The van der Waals surface area contributed by atoms with Gasteiger partial charge in [-0.05, 0) is 36.8 Å². The first-order valence-corrected chi connectivity index (χ1v) is 8.93. The molecule has 5 nitrogen and oxygen atoms in total. The molecule has 0 heterocycles. The van der Waals surface area contributed by atoms with Crippen LogP contribution in [0.15, 0.2) is 54.6 Å². The van der Waals surface area contributed by atoms with E-state index in [4.69, 9.17) is 21.1 Å². The van der Waals surface area contributed by atoms with Gasteiger partial charge in [0.05, 0.1) is 13.2 Å². The van der Waals surface area contributed by atoms with Crippen molar-refractivity contribution in [2.24, 2.45) is 0 Å². The van der Waals surface area contributed by atoms with Crippen LogP contribution in [0.4, 0.5) is 0 Å². The van der Waals surface area contributed by atoms with Crippen LogP contribution in [0.1, 0.15) is 12.5 Å². The number of rotatable bonds is 10. The Kier molecular flexibility index (Phi) is 8.41. The van der Waals surface area contributed by atoms with Gasteiger partial charge in [-0.25, -0.2) is 0 Å². The van der Waals surface area contributed by atoms with Gasteiger partial charge in [0.25, 0.3) is 0 Å². The molecule has 1 N–H and O–H groups in total. The standard InChI is InChI=1S/C20H24ClNO4/c1-2-25-20(24)14-22(12-16-6-4-3-5-7-16)13-18(23)15-26-19-10-8-17(21)9-11-19/h3-11,18,23H,2,12-15H2,1H3. The fourth-order valence-electron chi connectivity index (χ4n) is 2.49. The number of aliphatic hydroxyl groups excluding tert-OH is 1. The molecule has 26 heavy (non-hydrogen) atoms. The normalized spacial score (nSPS) is 12.0. The molecule has 2 aromatic carbocycles. The summed E-state index contributed by atoms with van der Waals surface area (Å²) in [6.45, 7) is 3.17. The highest BCUT2D eigenvalue weighted by molar-refractivity contribution is 6.30. The summed E-state index contributed by atoms with van der Waals surface area (Å²) in [7, 11) is 0. The predicted molar refractivity (Wildman–Crippen MR) is 101 cm³/mol. The largest absolute Gasteiger partial charge is 0.491 e. The van der Waals surface area contributed by atoms with Gasteiger partial charge in [0.15, 0.2) is 0 Å². The fraction of sp³-hybridized carbons (Fsp3) is 0.350. The monoisotopic (exact) mass is 377 g/mol. The van der Waals surface area contributed by atoms with Crippen molar-refractivity contribution in [2.75, 3.05) is 26.3 Å². The molecule has 140 valence electrons. The van der Waals surface area contributed by atoms with Crippen molar-refractivity contribution in [3.05, 3.63) is 65.2 Å². The summed E-state index contributed by atoms with van der Waals surface area (Å²) >= 11 is 5.84. The lowest BCUT2D eigenvalue weighted by molar-refractivity contribution is -0.144. The van der Waals surface area contributed by atoms with Gasteiger partial charge in [-0.15, -0.1) is 0 Å². The number of carbonyl (C=O) groups is 1. The first-order chi connectivity index (χ1) is 12.6. The molecule has 0 saturated carbocycles. The molecular formula is C20H24ClNO4. The highest BCUT2D eigenvalue weighted by atomic mass is 35.5. The maximum Gasteiger partial charge on any atom is 0.320 e. The number of hydrogen-bond donors (Lipinski definition) is 1. The number of aliphatic hydroxyl groups is 1. The van der Waals surface area contributed by atoms with E-state index in [9.17, 15) is 9.90 Å². The summed E-state index contributed by atoms with van der Waals surface area (Å²) in [6.07, 6.45) is -0.746. The summed E-state index contributed by atoms with van der Waals surface area (Å²) < 4.78 is 10.6. The maximum atomic E-state index is 11.8. The molecule has 0 aliphatic carbocycles. The Morgan fingerprint density at radius 1 is 1.15 bits per heavy atom. The number of hydrogen-bond acceptors (Lipinski definition) is 5. The van der Waals surface area contributed by atoms with E-state index in [-0.39, 0.29) is 19.1 Å². The van der Waals surface area contributed by atoms with Gasteiger partial charge in [0, 0.05) is 18.1 Å². The lowest BCUT2D eigenvalue weighted by Crippen LogP contribution is -2.38. The third-order valence-electron chi connectivity index (χ3n) is 3.63. The Morgan fingerprint density at radius 2 is 1.85 bits per heavy atom. The summed E-state index contributed by atoms with van der Waals surface area (Å²) in [6, 6.07) is 16.7. The summed E-state index contributed by atoms with van der Waals surface area (Å²) in [5, 5.41) is 10.9. The van der Waals surface area contributed by atoms with Crippen molar-refractivity contribution in [2.45, 2.75) is 19.6 Å².